The topological polar surface area (TPSA) is 188 Å². The van der Waals surface area contributed by atoms with Crippen molar-refractivity contribution in [3.05, 3.63) is 77.3 Å². The molecule has 0 bridgehead atoms. The van der Waals surface area contributed by atoms with Gasteiger partial charge < -0.3 is 44.9 Å². The van der Waals surface area contributed by atoms with Crippen molar-refractivity contribution < 1.29 is 42.6 Å². The number of hydrogen-bond donors (Lipinski definition) is 3. The molecular weight excluding hydrogens is 893 g/mol. The van der Waals surface area contributed by atoms with E-state index in [1.807, 2.05) is 47.6 Å². The first-order valence-electron chi connectivity index (χ1n) is 23.0. The van der Waals surface area contributed by atoms with Gasteiger partial charge in [0.2, 0.25) is 17.8 Å². The summed E-state index contributed by atoms with van der Waals surface area (Å²) in [5, 5.41) is 10.6. The summed E-state index contributed by atoms with van der Waals surface area (Å²) in [5.41, 5.74) is 3.67. The Morgan fingerprint density at radius 2 is 1.74 bits per heavy atom. The van der Waals surface area contributed by atoms with Crippen LogP contribution in [0, 0.1) is 12.8 Å². The lowest BCUT2D eigenvalue weighted by Gasteiger charge is -2.36. The molecule has 5 amide bonds. The second-order valence-electron chi connectivity index (χ2n) is 18.3. The van der Waals surface area contributed by atoms with Gasteiger partial charge in [-0.25, -0.2) is 14.2 Å². The summed E-state index contributed by atoms with van der Waals surface area (Å²) in [5.74, 6) is -1.09. The van der Waals surface area contributed by atoms with Crippen LogP contribution in [0.2, 0.25) is 0 Å². The number of aromatic nitrogens is 2. The number of imide groups is 1. The summed E-state index contributed by atoms with van der Waals surface area (Å²) < 4.78 is 32.4. The van der Waals surface area contributed by atoms with Crippen molar-refractivity contribution in [2.75, 3.05) is 94.8 Å². The number of piperidine rings is 1. The van der Waals surface area contributed by atoms with Crippen molar-refractivity contribution in [3.8, 4) is 0 Å². The molecule has 6 rings (SSSR count). The van der Waals surface area contributed by atoms with Crippen molar-refractivity contribution in [2.45, 2.75) is 72.4 Å². The number of amides is 5. The fourth-order valence-corrected chi connectivity index (χ4v) is 9.04. The van der Waals surface area contributed by atoms with Gasteiger partial charge in [-0.1, -0.05) is 33.1 Å². The molecule has 0 spiro atoms. The number of benzene rings is 2. The zero-order chi connectivity index (χ0) is 49.4. The number of piperazine rings is 1. The number of nitrogens with one attached hydrogen (secondary N) is 3. The quantitative estimate of drug-likeness (QED) is 0.0566. The Balaban J connectivity index is 0.983. The first-order valence-corrected chi connectivity index (χ1v) is 23.6. The number of allylic oxidation sites excluding steroid dienone is 4. The zero-order valence-electron chi connectivity index (χ0n) is 40.3. The summed E-state index contributed by atoms with van der Waals surface area (Å²) in [6, 6.07) is 6.09. The van der Waals surface area contributed by atoms with E-state index in [2.05, 4.69) is 43.2 Å². The van der Waals surface area contributed by atoms with Gasteiger partial charge >= 0.3 is 6.09 Å². The summed E-state index contributed by atoms with van der Waals surface area (Å²) in [4.78, 5) is 81.5. The fraction of sp³-hybridized carbons (Fsp3) is 0.490. The van der Waals surface area contributed by atoms with Crippen LogP contribution < -0.4 is 26.2 Å². The molecule has 3 N–H and O–H groups in total. The lowest BCUT2D eigenvalue weighted by molar-refractivity contribution is -0.130. The van der Waals surface area contributed by atoms with E-state index in [1.54, 1.807) is 35.0 Å². The molecule has 1 aromatic heterocycles. The minimum atomic E-state index is -0.888. The van der Waals surface area contributed by atoms with Crippen molar-refractivity contribution in [1.29, 1.82) is 0 Å². The van der Waals surface area contributed by atoms with Gasteiger partial charge in [0.15, 0.2) is 0 Å². The average Bonchev–Trinajstić information content (AvgIpc) is 3.54. The first kappa shape index (κ1) is 51.4. The van der Waals surface area contributed by atoms with Gasteiger partial charge in [-0.15, -0.1) is 9.24 Å². The predicted octanol–water partition coefficient (Wildman–Crippen LogP) is 5.81. The molecule has 2 fully saturated rings. The van der Waals surface area contributed by atoms with Crippen LogP contribution in [0.15, 0.2) is 55.0 Å². The molecule has 0 saturated carbocycles. The van der Waals surface area contributed by atoms with E-state index < -0.39 is 35.2 Å². The molecule has 2 aromatic carbocycles. The highest BCUT2D eigenvalue weighted by atomic mass is 31.0. The highest BCUT2D eigenvalue weighted by Crippen LogP contribution is 2.36. The van der Waals surface area contributed by atoms with Crippen LogP contribution in [-0.4, -0.2) is 145 Å². The molecule has 3 aliphatic heterocycles. The standard InChI is InChI=1S/C49H65FN9O8P/c1-10-34(50)38(29(2)3)39-30(4)28-33-41(42(39)68)54-47(55-43(33)57-19-21-58(22-20-57)48(64)67-49(6,7)8)52-17-16-37(60)56(9)23-25-66-27-26-65-24-18-51-35-13-11-12-32-40(35)46(63)59(45(32)62)36-15-14-31(5)53-44(36)61/h10-13,28-29,36,51H,1,5,14-27,68H2,2-4,6-9H3,(H,53,61)(H,52,54,55)/b38-34-. The van der Waals surface area contributed by atoms with Crippen molar-refractivity contribution in [1.82, 2.24) is 30.0 Å². The zero-order valence-corrected chi connectivity index (χ0v) is 41.4. The minimum Gasteiger partial charge on any atom is -0.444 e. The van der Waals surface area contributed by atoms with Gasteiger partial charge in [-0.3, -0.25) is 24.1 Å². The van der Waals surface area contributed by atoms with Crippen LogP contribution in [0.1, 0.15) is 85.7 Å². The maximum Gasteiger partial charge on any atom is 0.410 e. The molecule has 3 aromatic rings. The number of ether oxygens (including phenoxy) is 3. The molecule has 2 atom stereocenters. The van der Waals surface area contributed by atoms with Crippen LogP contribution in [0.5, 0.6) is 0 Å². The number of aryl methyl sites for hydroxylation is 1. The number of carbonyl (C=O) groups excluding carboxylic acids is 5. The molecule has 2 saturated heterocycles. The second kappa shape index (κ2) is 22.4. The SMILES string of the molecule is C=C/C(F)=C(/c1c(C)cc2c(N3CCN(C(=O)OC(C)(C)C)CC3)nc(NCCC(=O)N(C)CCOCCOCCNc3cccc4c3C(=O)N(C3CCC(=C)NC3=O)C4=O)nc2c1P)C(C)C. The molecule has 0 radical (unpaired) electrons. The second-order valence-corrected chi connectivity index (χ2v) is 18.9. The monoisotopic (exact) mass is 957 g/mol. The third kappa shape index (κ3) is 12.0. The van der Waals surface area contributed by atoms with Gasteiger partial charge in [0, 0.05) is 81.4 Å². The number of hydrogen-bond acceptors (Lipinski definition) is 13. The van der Waals surface area contributed by atoms with Gasteiger partial charge in [-0.2, -0.15) is 4.98 Å². The summed E-state index contributed by atoms with van der Waals surface area (Å²) in [6.07, 6.45) is 1.83. The average molecular weight is 958 g/mol. The summed E-state index contributed by atoms with van der Waals surface area (Å²) in [6.45, 7) is 22.8. The van der Waals surface area contributed by atoms with E-state index >= 15 is 4.39 Å². The van der Waals surface area contributed by atoms with Crippen molar-refractivity contribution in [2.24, 2.45) is 5.92 Å². The Hall–Kier alpha value is -5.97. The number of fused-ring (bicyclic) bond motifs is 2. The van der Waals surface area contributed by atoms with E-state index in [0.717, 1.165) is 26.7 Å². The Bertz CT molecular complexity index is 2480. The lowest BCUT2D eigenvalue weighted by Crippen LogP contribution is -2.51. The van der Waals surface area contributed by atoms with E-state index in [0.29, 0.717) is 113 Å². The predicted molar refractivity (Wildman–Crippen MR) is 265 cm³/mol. The van der Waals surface area contributed by atoms with Crippen LogP contribution in [0.25, 0.3) is 16.5 Å². The summed E-state index contributed by atoms with van der Waals surface area (Å²) in [7, 11) is 4.47. The fourth-order valence-electron chi connectivity index (χ4n) is 8.43. The maximum atomic E-state index is 15.4. The molecule has 3 aliphatic rings. The van der Waals surface area contributed by atoms with E-state index in [9.17, 15) is 24.0 Å². The van der Waals surface area contributed by atoms with E-state index in [4.69, 9.17) is 24.2 Å². The molecule has 19 heteroatoms. The third-order valence-electron chi connectivity index (χ3n) is 11.9. The lowest BCUT2D eigenvalue weighted by atomic mass is 9.90. The number of halogens is 1. The number of anilines is 3. The number of likely N-dealkylation sites (N-methyl/N-ethyl adjacent to an activating group) is 1. The molecule has 68 heavy (non-hydrogen) atoms. The molecule has 366 valence electrons. The Morgan fingerprint density at radius 3 is 2.40 bits per heavy atom. The number of rotatable bonds is 19. The van der Waals surface area contributed by atoms with Gasteiger partial charge in [0.25, 0.3) is 11.8 Å². The van der Waals surface area contributed by atoms with Crippen molar-refractivity contribution in [3.63, 3.8) is 0 Å². The molecule has 17 nitrogen and oxygen atoms in total. The van der Waals surface area contributed by atoms with Crippen LogP contribution in [-0.2, 0) is 23.8 Å². The van der Waals surface area contributed by atoms with Crippen molar-refractivity contribution >= 4 is 78.2 Å². The van der Waals surface area contributed by atoms with Gasteiger partial charge in [-0.05, 0) is 87.4 Å². The largest absolute Gasteiger partial charge is 0.444 e. The van der Waals surface area contributed by atoms with Gasteiger partial charge in [0.1, 0.15) is 23.3 Å². The number of nitrogens with zero attached hydrogens (tertiary/aromatic N) is 6. The highest BCUT2D eigenvalue weighted by molar-refractivity contribution is 7.28. The molecule has 2 unspecified atom stereocenters. The van der Waals surface area contributed by atoms with Crippen LogP contribution in [0.4, 0.5) is 26.6 Å². The molecule has 4 heterocycles. The normalized spacial score (nSPS) is 16.8. The Kier molecular flexibility index (Phi) is 17.0. The smallest absolute Gasteiger partial charge is 0.410 e. The van der Waals surface area contributed by atoms with E-state index in [-0.39, 0.29) is 42.0 Å². The first-order chi connectivity index (χ1) is 32.3. The van der Waals surface area contributed by atoms with Crippen LogP contribution >= 0.6 is 9.24 Å². The maximum absolute atomic E-state index is 15.4. The highest BCUT2D eigenvalue weighted by Gasteiger charge is 2.45. The summed E-state index contributed by atoms with van der Waals surface area (Å²) >= 11 is 0. The Morgan fingerprint density at radius 1 is 1.03 bits per heavy atom. The third-order valence-corrected chi connectivity index (χ3v) is 12.4. The van der Waals surface area contributed by atoms with E-state index in [1.165, 1.54) is 6.08 Å². The molecular formula is C49H65FN9O8P. The number of carbonyl (C=O) groups is 5. The Labute approximate surface area is 400 Å². The van der Waals surface area contributed by atoms with Gasteiger partial charge in [0.05, 0.1) is 43.1 Å². The van der Waals surface area contributed by atoms with Crippen LogP contribution in [0.3, 0.4) is 0 Å². The molecule has 0 aliphatic carbocycles. The minimum absolute atomic E-state index is 0.109.